The fourth-order valence-corrected chi connectivity index (χ4v) is 4.20. The van der Waals surface area contributed by atoms with Gasteiger partial charge in [-0.1, -0.05) is 70.0 Å². The molecule has 2 aromatic carbocycles. The molecule has 3 heteroatoms. The maximum Gasteiger partial charge on any atom is 0.107 e. The Balaban J connectivity index is 1.94. The van der Waals surface area contributed by atoms with Crippen molar-refractivity contribution in [3.05, 3.63) is 54.1 Å². The van der Waals surface area contributed by atoms with Gasteiger partial charge in [-0.05, 0) is 47.9 Å². The van der Waals surface area contributed by atoms with Crippen LogP contribution in [0.2, 0.25) is 0 Å². The summed E-state index contributed by atoms with van der Waals surface area (Å²) in [6.07, 6.45) is 5.75. The number of hydrogen-bond acceptors (Lipinski definition) is 0. The van der Waals surface area contributed by atoms with Crippen LogP contribution in [0.4, 0.5) is 0 Å². The number of hydrogen-bond donors (Lipinski definition) is 0. The first kappa shape index (κ1) is 17.8. The van der Waals surface area contributed by atoms with Crippen molar-refractivity contribution in [2.24, 2.45) is 0 Å². The van der Waals surface area contributed by atoms with Crippen LogP contribution in [0.5, 0.6) is 0 Å². The predicted molar refractivity (Wildman–Crippen MR) is 103 cm³/mol. The third-order valence-corrected chi connectivity index (χ3v) is 5.63. The molecule has 1 unspecified atom stereocenters. The Bertz CT molecular complexity index is 581. The van der Waals surface area contributed by atoms with Gasteiger partial charge >= 0.3 is 0 Å². The molecule has 0 spiro atoms. The smallest absolute Gasteiger partial charge is 0.105 e. The molecular formula is C19H23Cl2P. The van der Waals surface area contributed by atoms with E-state index in [-0.39, 0.29) is 4.84 Å². The molecule has 1 atom stereocenters. The first-order valence-corrected chi connectivity index (χ1v) is 9.93. The van der Waals surface area contributed by atoms with Gasteiger partial charge in [-0.2, -0.15) is 0 Å². The molecule has 0 fully saturated rings. The molecule has 0 bridgehead atoms. The van der Waals surface area contributed by atoms with Crippen molar-refractivity contribution in [1.29, 1.82) is 0 Å². The van der Waals surface area contributed by atoms with Crippen molar-refractivity contribution < 1.29 is 0 Å². The maximum atomic E-state index is 5.76. The highest BCUT2D eigenvalue weighted by Crippen LogP contribution is 2.27. The number of rotatable bonds is 8. The number of alkyl halides is 2. The van der Waals surface area contributed by atoms with Crippen molar-refractivity contribution in [3.8, 4) is 11.1 Å². The molecule has 0 radical (unpaired) electrons. The maximum absolute atomic E-state index is 5.76. The fraction of sp³-hybridized carbons (Fsp3) is 0.368. The second-order valence-electron chi connectivity index (χ2n) is 5.53. The van der Waals surface area contributed by atoms with Gasteiger partial charge in [-0.3, -0.25) is 0 Å². The van der Waals surface area contributed by atoms with Gasteiger partial charge in [0.05, 0.1) is 0 Å². The van der Waals surface area contributed by atoms with Crippen molar-refractivity contribution in [2.75, 3.05) is 6.16 Å². The summed E-state index contributed by atoms with van der Waals surface area (Å²) in [7, 11) is 0.865. The van der Waals surface area contributed by atoms with Crippen molar-refractivity contribution in [3.63, 3.8) is 0 Å². The lowest BCUT2D eigenvalue weighted by Gasteiger charge is -2.12. The highest BCUT2D eigenvalue weighted by atomic mass is 35.5. The summed E-state index contributed by atoms with van der Waals surface area (Å²) >= 11 is 11.5. The van der Waals surface area contributed by atoms with Crippen LogP contribution in [-0.2, 0) is 0 Å². The minimum Gasteiger partial charge on any atom is -0.105 e. The van der Waals surface area contributed by atoms with Gasteiger partial charge in [-0.25, -0.2) is 0 Å². The van der Waals surface area contributed by atoms with E-state index >= 15 is 0 Å². The summed E-state index contributed by atoms with van der Waals surface area (Å²) in [5.74, 6) is 0. The molecule has 0 saturated carbocycles. The van der Waals surface area contributed by atoms with Crippen LogP contribution in [0, 0.1) is 6.92 Å². The quantitative estimate of drug-likeness (QED) is 0.295. The molecule has 0 heterocycles. The summed E-state index contributed by atoms with van der Waals surface area (Å²) in [6, 6.07) is 17.4. The zero-order chi connectivity index (χ0) is 15.8. The molecule has 22 heavy (non-hydrogen) atoms. The van der Waals surface area contributed by atoms with Gasteiger partial charge in [-0.15, -0.1) is 23.2 Å². The lowest BCUT2D eigenvalue weighted by molar-refractivity contribution is 0.696. The van der Waals surface area contributed by atoms with Gasteiger partial charge < -0.3 is 0 Å². The average molecular weight is 353 g/mol. The highest BCUT2D eigenvalue weighted by Gasteiger charge is 2.06. The van der Waals surface area contributed by atoms with Crippen LogP contribution in [0.15, 0.2) is 48.5 Å². The average Bonchev–Trinajstić information content (AvgIpc) is 2.51. The van der Waals surface area contributed by atoms with Crippen molar-refractivity contribution in [1.82, 2.24) is 0 Å². The normalized spacial score (nSPS) is 11.6. The molecule has 0 N–H and O–H groups in total. The van der Waals surface area contributed by atoms with Crippen LogP contribution in [0.1, 0.15) is 31.2 Å². The Morgan fingerprint density at radius 2 is 1.55 bits per heavy atom. The SMILES string of the molecule is Cc1ccccc1-c1ccccc1PCCCCCC(Cl)Cl. The summed E-state index contributed by atoms with van der Waals surface area (Å²) in [4.78, 5) is -0.204. The Hall–Kier alpha value is -0.550. The fourth-order valence-electron chi connectivity index (χ4n) is 2.57. The Morgan fingerprint density at radius 3 is 2.27 bits per heavy atom. The number of aryl methyl sites for hydroxylation is 1. The molecule has 0 aliphatic carbocycles. The Labute approximate surface area is 146 Å². The summed E-state index contributed by atoms with van der Waals surface area (Å²) < 4.78 is 0. The minimum absolute atomic E-state index is 0.204. The van der Waals surface area contributed by atoms with E-state index in [9.17, 15) is 0 Å². The van der Waals surface area contributed by atoms with Crippen LogP contribution in [0.25, 0.3) is 11.1 Å². The van der Waals surface area contributed by atoms with E-state index in [2.05, 4.69) is 55.5 Å². The molecule has 118 valence electrons. The van der Waals surface area contributed by atoms with E-state index < -0.39 is 0 Å². The van der Waals surface area contributed by atoms with Crippen LogP contribution >= 0.6 is 31.8 Å². The summed E-state index contributed by atoms with van der Waals surface area (Å²) in [6.45, 7) is 2.18. The molecule has 0 saturated heterocycles. The van der Waals surface area contributed by atoms with E-state index in [1.165, 1.54) is 41.0 Å². The van der Waals surface area contributed by atoms with Gasteiger partial charge in [0.25, 0.3) is 0 Å². The van der Waals surface area contributed by atoms with E-state index in [1.54, 1.807) is 0 Å². The summed E-state index contributed by atoms with van der Waals surface area (Å²) in [5, 5.41) is 1.48. The van der Waals surface area contributed by atoms with E-state index in [0.29, 0.717) is 0 Å². The van der Waals surface area contributed by atoms with Crippen LogP contribution in [0.3, 0.4) is 0 Å². The molecule has 2 aromatic rings. The third-order valence-electron chi connectivity index (χ3n) is 3.78. The number of benzene rings is 2. The number of halogens is 2. The second kappa shape index (κ2) is 9.56. The number of unbranched alkanes of at least 4 members (excludes halogenated alkanes) is 2. The molecule has 0 aliphatic heterocycles. The van der Waals surface area contributed by atoms with Gasteiger partial charge in [0, 0.05) is 0 Å². The Morgan fingerprint density at radius 1 is 0.864 bits per heavy atom. The van der Waals surface area contributed by atoms with Crippen LogP contribution in [-0.4, -0.2) is 11.0 Å². The first-order valence-electron chi connectivity index (χ1n) is 7.85. The Kier molecular flexibility index (Phi) is 7.73. The zero-order valence-electron chi connectivity index (χ0n) is 13.0. The molecule has 0 amide bonds. The molecule has 0 aliphatic rings. The third kappa shape index (κ3) is 5.58. The first-order chi connectivity index (χ1) is 10.7. The standard InChI is InChI=1S/C19H23Cl2P/c1-15-9-4-5-10-16(15)17-11-6-7-12-18(17)22-14-8-2-3-13-19(20)21/h4-7,9-12,19,22H,2-3,8,13-14H2,1H3. The van der Waals surface area contributed by atoms with Crippen molar-refractivity contribution in [2.45, 2.75) is 37.4 Å². The molecule has 0 aromatic heterocycles. The lowest BCUT2D eigenvalue weighted by Crippen LogP contribution is -2.01. The topological polar surface area (TPSA) is 0 Å². The second-order valence-corrected chi connectivity index (χ2v) is 8.20. The summed E-state index contributed by atoms with van der Waals surface area (Å²) in [5.41, 5.74) is 4.09. The van der Waals surface area contributed by atoms with Crippen molar-refractivity contribution >= 4 is 37.1 Å². The molecule has 0 nitrogen and oxygen atoms in total. The largest absolute Gasteiger partial charge is 0.107 e. The van der Waals surface area contributed by atoms with Gasteiger partial charge in [0.2, 0.25) is 0 Å². The zero-order valence-corrected chi connectivity index (χ0v) is 15.5. The van der Waals surface area contributed by atoms with Crippen LogP contribution < -0.4 is 5.30 Å². The van der Waals surface area contributed by atoms with E-state index in [4.69, 9.17) is 23.2 Å². The minimum atomic E-state index is -0.204. The van der Waals surface area contributed by atoms with Gasteiger partial charge in [0.1, 0.15) is 4.84 Å². The van der Waals surface area contributed by atoms with E-state index in [1.807, 2.05) is 0 Å². The molecular weight excluding hydrogens is 330 g/mol. The van der Waals surface area contributed by atoms with Gasteiger partial charge in [0.15, 0.2) is 0 Å². The van der Waals surface area contributed by atoms with E-state index in [0.717, 1.165) is 21.4 Å². The predicted octanol–water partition coefficient (Wildman–Crippen LogP) is 6.33. The highest BCUT2D eigenvalue weighted by molar-refractivity contribution is 7.47. The monoisotopic (exact) mass is 352 g/mol. The lowest BCUT2D eigenvalue weighted by atomic mass is 10.0. The molecule has 2 rings (SSSR count).